The summed E-state index contributed by atoms with van der Waals surface area (Å²) in [6, 6.07) is 39.7. The van der Waals surface area contributed by atoms with Crippen LogP contribution in [0.15, 0.2) is 121 Å². The Bertz CT molecular complexity index is 2010. The average molecular weight is 685 g/mol. The lowest BCUT2D eigenvalue weighted by Crippen LogP contribution is -2.48. The third-order valence-corrected chi connectivity index (χ3v) is 12.9. The molecule has 0 fully saturated rings. The third kappa shape index (κ3) is 4.30. The molecule has 4 N–H and O–H groups in total. The highest BCUT2D eigenvalue weighted by Crippen LogP contribution is 2.57. The lowest BCUT2D eigenvalue weighted by molar-refractivity contribution is 0.0422. The Kier molecular flexibility index (Phi) is 7.19. The molecule has 4 atom stereocenters. The van der Waals surface area contributed by atoms with Crippen LogP contribution in [0, 0.1) is 27.7 Å². The summed E-state index contributed by atoms with van der Waals surface area (Å²) in [4.78, 5) is 0. The Balaban J connectivity index is 0.000000138. The predicted octanol–water partition coefficient (Wildman–Crippen LogP) is 7.77. The molecule has 0 radical (unpaired) electrons. The summed E-state index contributed by atoms with van der Waals surface area (Å²) < 4.78 is 0. The van der Waals surface area contributed by atoms with Crippen molar-refractivity contribution in [2.24, 2.45) is 0 Å². The standard InChI is InChI=1S/2C24H22O2/c2*1-15-19-13-24(26,18-11-7-4-8-12-18)22(19)16(2)20-14-23(25,21(15)20)17-9-5-3-6-10-17/h2*3-12,25-26H,13-14H2,1-2H3/t2*23-,24+. The van der Waals surface area contributed by atoms with Gasteiger partial charge < -0.3 is 20.4 Å². The maximum absolute atomic E-state index is 11.4. The molecule has 0 aromatic heterocycles. The zero-order valence-corrected chi connectivity index (χ0v) is 30.2. The van der Waals surface area contributed by atoms with Gasteiger partial charge in [0.1, 0.15) is 22.4 Å². The van der Waals surface area contributed by atoms with E-state index < -0.39 is 22.4 Å². The molecular formula is C48H44O4. The molecule has 260 valence electrons. The highest BCUT2D eigenvalue weighted by atomic mass is 16.3. The molecule has 0 saturated carbocycles. The van der Waals surface area contributed by atoms with Crippen molar-refractivity contribution in [3.63, 3.8) is 0 Å². The number of fused-ring (bicyclic) bond motifs is 4. The Morgan fingerprint density at radius 3 is 0.654 bits per heavy atom. The minimum Gasteiger partial charge on any atom is -0.380 e. The molecule has 0 bridgehead atoms. The SMILES string of the molecule is Cc1c2c(c(C)c3c1[C@](O)(c1ccccc1)C3)[C@@](O)(c1ccccc1)C2.Cc1c2c(c(C)c3c1[C@](O)(c1ccccc1)C3)[C@@](O)(c1ccccc1)C2. The van der Waals surface area contributed by atoms with Crippen molar-refractivity contribution in [3.8, 4) is 0 Å². The quantitative estimate of drug-likeness (QED) is 0.153. The summed E-state index contributed by atoms with van der Waals surface area (Å²) in [7, 11) is 0. The molecule has 0 unspecified atom stereocenters. The van der Waals surface area contributed by atoms with E-state index in [1.54, 1.807) is 0 Å². The summed E-state index contributed by atoms with van der Waals surface area (Å²) in [6.07, 6.45) is 2.43. The first-order valence-electron chi connectivity index (χ1n) is 18.4. The summed E-state index contributed by atoms with van der Waals surface area (Å²) >= 11 is 0. The van der Waals surface area contributed by atoms with Crippen molar-refractivity contribution in [1.82, 2.24) is 0 Å². The fourth-order valence-electron chi connectivity index (χ4n) is 10.2. The van der Waals surface area contributed by atoms with Crippen LogP contribution in [0.1, 0.15) is 89.0 Å². The Morgan fingerprint density at radius 1 is 0.308 bits per heavy atom. The van der Waals surface area contributed by atoms with Gasteiger partial charge >= 0.3 is 0 Å². The molecule has 4 aliphatic rings. The van der Waals surface area contributed by atoms with Crippen molar-refractivity contribution in [2.75, 3.05) is 0 Å². The van der Waals surface area contributed by atoms with Gasteiger partial charge in [-0.15, -0.1) is 0 Å². The lowest BCUT2D eigenvalue weighted by Gasteiger charge is -2.50. The van der Waals surface area contributed by atoms with Gasteiger partial charge in [-0.2, -0.15) is 0 Å². The lowest BCUT2D eigenvalue weighted by atomic mass is 9.57. The van der Waals surface area contributed by atoms with Gasteiger partial charge in [0, 0.05) is 25.7 Å². The van der Waals surface area contributed by atoms with Gasteiger partial charge in [0.05, 0.1) is 0 Å². The van der Waals surface area contributed by atoms with Gasteiger partial charge in [-0.05, 0) is 117 Å². The molecule has 0 aliphatic heterocycles. The van der Waals surface area contributed by atoms with Crippen LogP contribution >= 0.6 is 0 Å². The third-order valence-electron chi connectivity index (χ3n) is 12.9. The molecule has 4 aliphatic carbocycles. The number of hydrogen-bond acceptors (Lipinski definition) is 4. The molecule has 0 spiro atoms. The minimum absolute atomic E-state index is 0.608. The van der Waals surface area contributed by atoms with E-state index in [0.29, 0.717) is 25.7 Å². The van der Waals surface area contributed by atoms with Crippen LogP contribution < -0.4 is 0 Å². The van der Waals surface area contributed by atoms with E-state index in [1.165, 1.54) is 22.3 Å². The summed E-state index contributed by atoms with van der Waals surface area (Å²) in [5.41, 5.74) is 13.7. The highest BCUT2D eigenvalue weighted by Gasteiger charge is 2.54. The van der Waals surface area contributed by atoms with Gasteiger partial charge in [0.15, 0.2) is 0 Å². The van der Waals surface area contributed by atoms with Crippen molar-refractivity contribution in [1.29, 1.82) is 0 Å². The number of aliphatic hydroxyl groups is 4. The van der Waals surface area contributed by atoms with Crippen LogP contribution in [0.3, 0.4) is 0 Å². The second-order valence-electron chi connectivity index (χ2n) is 15.5. The molecule has 0 heterocycles. The topological polar surface area (TPSA) is 80.9 Å². The van der Waals surface area contributed by atoms with E-state index in [1.807, 2.05) is 121 Å². The van der Waals surface area contributed by atoms with Gasteiger partial charge in [-0.3, -0.25) is 0 Å². The molecule has 10 rings (SSSR count). The van der Waals surface area contributed by atoms with Crippen molar-refractivity contribution in [2.45, 2.75) is 75.8 Å². The largest absolute Gasteiger partial charge is 0.380 e. The van der Waals surface area contributed by atoms with E-state index in [0.717, 1.165) is 66.8 Å². The molecular weight excluding hydrogens is 641 g/mol. The number of hydrogen-bond donors (Lipinski definition) is 4. The summed E-state index contributed by atoms with van der Waals surface area (Å²) in [6.45, 7) is 8.37. The summed E-state index contributed by atoms with van der Waals surface area (Å²) in [5.74, 6) is 0. The molecule has 0 amide bonds. The average Bonchev–Trinajstić information content (AvgIpc) is 3.14. The number of benzene rings is 6. The maximum Gasteiger partial charge on any atom is 0.119 e. The van der Waals surface area contributed by atoms with Crippen molar-refractivity contribution >= 4 is 0 Å². The number of rotatable bonds is 4. The Labute approximate surface area is 305 Å². The zero-order chi connectivity index (χ0) is 36.2. The first-order valence-corrected chi connectivity index (χ1v) is 18.4. The molecule has 0 saturated heterocycles. The molecule has 4 nitrogen and oxygen atoms in total. The second-order valence-corrected chi connectivity index (χ2v) is 15.5. The first-order chi connectivity index (χ1) is 24.9. The maximum atomic E-state index is 11.4. The van der Waals surface area contributed by atoms with Crippen LogP contribution in [0.2, 0.25) is 0 Å². The van der Waals surface area contributed by atoms with E-state index in [-0.39, 0.29) is 0 Å². The van der Waals surface area contributed by atoms with Gasteiger partial charge in [0.2, 0.25) is 0 Å². The van der Waals surface area contributed by atoms with E-state index >= 15 is 0 Å². The summed E-state index contributed by atoms with van der Waals surface area (Å²) in [5, 5.41) is 45.5. The van der Waals surface area contributed by atoms with Gasteiger partial charge in [-0.1, -0.05) is 121 Å². The zero-order valence-electron chi connectivity index (χ0n) is 30.2. The Hall–Kier alpha value is -4.84. The first kappa shape index (κ1) is 33.0. The van der Waals surface area contributed by atoms with Crippen molar-refractivity contribution in [3.05, 3.63) is 210 Å². The predicted molar refractivity (Wildman–Crippen MR) is 204 cm³/mol. The van der Waals surface area contributed by atoms with E-state index in [9.17, 15) is 20.4 Å². The second kappa shape index (κ2) is 11.3. The van der Waals surface area contributed by atoms with Crippen LogP contribution in [0.5, 0.6) is 0 Å². The minimum atomic E-state index is -0.902. The molecule has 6 aromatic carbocycles. The van der Waals surface area contributed by atoms with Gasteiger partial charge in [0.25, 0.3) is 0 Å². The molecule has 52 heavy (non-hydrogen) atoms. The van der Waals surface area contributed by atoms with E-state index in [4.69, 9.17) is 0 Å². The monoisotopic (exact) mass is 684 g/mol. The van der Waals surface area contributed by atoms with Gasteiger partial charge in [-0.25, -0.2) is 0 Å². The van der Waals surface area contributed by atoms with Crippen LogP contribution in [0.25, 0.3) is 0 Å². The van der Waals surface area contributed by atoms with Crippen LogP contribution in [-0.2, 0) is 48.1 Å². The molecule has 6 aromatic rings. The van der Waals surface area contributed by atoms with Crippen LogP contribution in [-0.4, -0.2) is 20.4 Å². The smallest absolute Gasteiger partial charge is 0.119 e. The Morgan fingerprint density at radius 2 is 0.481 bits per heavy atom. The normalized spacial score (nSPS) is 25.7. The van der Waals surface area contributed by atoms with Crippen LogP contribution in [0.4, 0.5) is 0 Å². The fraction of sp³-hybridized carbons (Fsp3) is 0.250. The molecule has 4 heteroatoms. The van der Waals surface area contributed by atoms with Crippen molar-refractivity contribution < 1.29 is 20.4 Å². The van der Waals surface area contributed by atoms with E-state index in [2.05, 4.69) is 27.7 Å². The fourth-order valence-corrected chi connectivity index (χ4v) is 10.2. The highest BCUT2D eigenvalue weighted by molar-refractivity contribution is 5.70.